The third-order valence-electron chi connectivity index (χ3n) is 5.87. The number of carbonyl (C=O) groups is 2. The molecule has 1 amide bonds. The minimum absolute atomic E-state index is 0.0307. The summed E-state index contributed by atoms with van der Waals surface area (Å²) in [5, 5.41) is 0.639. The molecule has 0 aliphatic carbocycles. The molecule has 1 N–H and O–H groups in total. The number of nitrogens with zero attached hydrogens (tertiary/aromatic N) is 2. The first kappa shape index (κ1) is 30.2. The van der Waals surface area contributed by atoms with E-state index in [-0.39, 0.29) is 18.1 Å². The first-order valence-corrected chi connectivity index (χ1v) is 15.6. The van der Waals surface area contributed by atoms with Gasteiger partial charge in [-0.25, -0.2) is 27.7 Å². The second kappa shape index (κ2) is 14.2. The van der Waals surface area contributed by atoms with Crippen molar-refractivity contribution in [2.24, 2.45) is 0 Å². The number of amides is 1. The van der Waals surface area contributed by atoms with Gasteiger partial charge < -0.3 is 14.0 Å². The van der Waals surface area contributed by atoms with Crippen molar-refractivity contribution in [3.05, 3.63) is 65.6 Å². The Balaban J connectivity index is 1.93. The average Bonchev–Trinajstić information content (AvgIpc) is 3.28. The van der Waals surface area contributed by atoms with Crippen LogP contribution in [0.4, 0.5) is 4.79 Å². The number of aryl methyl sites for hydroxylation is 1. The SMILES string of the molecule is CCCCc1nc(SC)c(C(=O)OCC)n1Cc1ccc(-c2ccccc2S(=O)(=O)NC(=O)OCCC)cc1. The highest BCUT2D eigenvalue weighted by atomic mass is 32.2. The molecule has 0 bridgehead atoms. The maximum absolute atomic E-state index is 12.9. The molecular formula is C28H35N3O6S2. The lowest BCUT2D eigenvalue weighted by Gasteiger charge is -2.14. The predicted octanol–water partition coefficient (Wildman–Crippen LogP) is 5.66. The van der Waals surface area contributed by atoms with Gasteiger partial charge in [-0.2, -0.15) is 0 Å². The monoisotopic (exact) mass is 573 g/mol. The number of imidazole rings is 1. The van der Waals surface area contributed by atoms with Crippen molar-refractivity contribution in [2.75, 3.05) is 19.5 Å². The zero-order valence-electron chi connectivity index (χ0n) is 22.7. The standard InChI is InChI=1S/C28H35N3O6S2/c1-5-8-13-24-29-26(38-4)25(27(32)36-7-3)31(24)19-20-14-16-21(17-15-20)22-11-9-10-12-23(22)39(34,35)30-28(33)37-18-6-2/h9-12,14-17H,5-8,13,18-19H2,1-4H3,(H,30,33). The molecule has 11 heteroatoms. The number of rotatable bonds is 13. The van der Waals surface area contributed by atoms with Gasteiger partial charge in [-0.3, -0.25) is 0 Å². The van der Waals surface area contributed by atoms with Gasteiger partial charge in [0, 0.05) is 18.5 Å². The third-order valence-corrected chi connectivity index (χ3v) is 7.91. The Kier molecular flexibility index (Phi) is 11.0. The molecule has 3 rings (SSSR count). The minimum atomic E-state index is -4.15. The number of hydrogen-bond donors (Lipinski definition) is 1. The molecule has 0 atom stereocenters. The Morgan fingerprint density at radius 2 is 1.72 bits per heavy atom. The maximum atomic E-state index is 12.9. The van der Waals surface area contributed by atoms with Gasteiger partial charge in [0.15, 0.2) is 5.69 Å². The van der Waals surface area contributed by atoms with E-state index in [0.29, 0.717) is 34.8 Å². The van der Waals surface area contributed by atoms with Crippen LogP contribution >= 0.6 is 11.8 Å². The van der Waals surface area contributed by atoms with Gasteiger partial charge in [0.25, 0.3) is 10.0 Å². The molecule has 2 aromatic carbocycles. The van der Waals surface area contributed by atoms with Gasteiger partial charge in [0.2, 0.25) is 0 Å². The molecule has 0 fully saturated rings. The third kappa shape index (κ3) is 7.63. The second-order valence-electron chi connectivity index (χ2n) is 8.73. The average molecular weight is 574 g/mol. The number of ether oxygens (including phenoxy) is 2. The number of benzene rings is 2. The van der Waals surface area contributed by atoms with Crippen molar-refractivity contribution in [3.63, 3.8) is 0 Å². The summed E-state index contributed by atoms with van der Waals surface area (Å²) in [5.41, 5.74) is 2.46. The summed E-state index contributed by atoms with van der Waals surface area (Å²) in [7, 11) is -4.15. The zero-order chi connectivity index (χ0) is 28.4. The highest BCUT2D eigenvalue weighted by Crippen LogP contribution is 2.29. The number of esters is 1. The molecule has 0 aliphatic heterocycles. The molecule has 39 heavy (non-hydrogen) atoms. The summed E-state index contributed by atoms with van der Waals surface area (Å²) in [6.07, 6.45) is 4.13. The summed E-state index contributed by atoms with van der Waals surface area (Å²) >= 11 is 1.41. The molecule has 1 aromatic heterocycles. The van der Waals surface area contributed by atoms with Gasteiger partial charge in [-0.15, -0.1) is 11.8 Å². The summed E-state index contributed by atoms with van der Waals surface area (Å²) in [6, 6.07) is 13.9. The predicted molar refractivity (Wildman–Crippen MR) is 152 cm³/mol. The normalized spacial score (nSPS) is 11.3. The molecule has 210 valence electrons. The van der Waals surface area contributed by atoms with E-state index in [1.165, 1.54) is 17.8 Å². The molecule has 3 aromatic rings. The molecule has 1 heterocycles. The smallest absolute Gasteiger partial charge is 0.421 e. The Morgan fingerprint density at radius 1 is 1.00 bits per heavy atom. The van der Waals surface area contributed by atoms with E-state index in [4.69, 9.17) is 14.5 Å². The molecule has 9 nitrogen and oxygen atoms in total. The van der Waals surface area contributed by atoms with E-state index in [1.54, 1.807) is 25.1 Å². The van der Waals surface area contributed by atoms with E-state index < -0.39 is 22.1 Å². The molecule has 0 saturated carbocycles. The van der Waals surface area contributed by atoms with Crippen LogP contribution in [0.1, 0.15) is 61.9 Å². The minimum Gasteiger partial charge on any atom is -0.461 e. The van der Waals surface area contributed by atoms with Crippen LogP contribution in [0.15, 0.2) is 58.5 Å². The van der Waals surface area contributed by atoms with E-state index in [1.807, 2.05) is 46.7 Å². The van der Waals surface area contributed by atoms with Crippen molar-refractivity contribution >= 4 is 33.8 Å². The van der Waals surface area contributed by atoms with Gasteiger partial charge in [-0.05, 0) is 43.2 Å². The maximum Gasteiger partial charge on any atom is 0.421 e. The quantitative estimate of drug-likeness (QED) is 0.206. The van der Waals surface area contributed by atoms with Crippen LogP contribution in [0.2, 0.25) is 0 Å². The first-order chi connectivity index (χ1) is 18.7. The van der Waals surface area contributed by atoms with E-state index in [2.05, 4.69) is 6.92 Å². The van der Waals surface area contributed by atoms with Gasteiger partial charge in [0.05, 0.1) is 18.1 Å². The van der Waals surface area contributed by atoms with Crippen LogP contribution in [0, 0.1) is 0 Å². The lowest BCUT2D eigenvalue weighted by molar-refractivity contribution is 0.0509. The molecule has 0 aliphatic rings. The lowest BCUT2D eigenvalue weighted by Crippen LogP contribution is -2.31. The summed E-state index contributed by atoms with van der Waals surface area (Å²) < 4.78 is 40.0. The van der Waals surface area contributed by atoms with E-state index in [9.17, 15) is 18.0 Å². The molecule has 0 unspecified atom stereocenters. The highest BCUT2D eigenvalue weighted by molar-refractivity contribution is 7.98. The van der Waals surface area contributed by atoms with Crippen LogP contribution in [-0.4, -0.2) is 49.5 Å². The first-order valence-electron chi connectivity index (χ1n) is 12.9. The number of nitrogens with one attached hydrogen (secondary N) is 1. The fourth-order valence-electron chi connectivity index (χ4n) is 4.01. The highest BCUT2D eigenvalue weighted by Gasteiger charge is 2.25. The van der Waals surface area contributed by atoms with E-state index in [0.717, 1.165) is 30.7 Å². The Labute approximate surface area is 234 Å². The molecular weight excluding hydrogens is 538 g/mol. The molecule has 0 saturated heterocycles. The van der Waals surface area contributed by atoms with Gasteiger partial charge >= 0.3 is 12.1 Å². The second-order valence-corrected chi connectivity index (χ2v) is 11.2. The number of unbranched alkanes of at least 4 members (excludes halogenated alkanes) is 1. The van der Waals surface area contributed by atoms with Crippen LogP contribution in [0.5, 0.6) is 0 Å². The Hall–Kier alpha value is -3.31. The number of thioether (sulfide) groups is 1. The van der Waals surface area contributed by atoms with Crippen molar-refractivity contribution in [3.8, 4) is 11.1 Å². The fraction of sp³-hybridized carbons (Fsp3) is 0.393. The van der Waals surface area contributed by atoms with Crippen molar-refractivity contribution in [1.82, 2.24) is 14.3 Å². The van der Waals surface area contributed by atoms with Crippen molar-refractivity contribution in [2.45, 2.75) is 62.9 Å². The number of aromatic nitrogens is 2. The summed E-state index contributed by atoms with van der Waals surface area (Å²) in [4.78, 5) is 29.5. The van der Waals surface area contributed by atoms with E-state index >= 15 is 0 Å². The van der Waals surface area contributed by atoms with Crippen molar-refractivity contribution < 1.29 is 27.5 Å². The van der Waals surface area contributed by atoms with Crippen LogP contribution in [0.25, 0.3) is 11.1 Å². The van der Waals surface area contributed by atoms with Gasteiger partial charge in [-0.1, -0.05) is 62.7 Å². The van der Waals surface area contributed by atoms with Crippen molar-refractivity contribution in [1.29, 1.82) is 0 Å². The van der Waals surface area contributed by atoms with Crippen LogP contribution < -0.4 is 4.72 Å². The topological polar surface area (TPSA) is 117 Å². The summed E-state index contributed by atoms with van der Waals surface area (Å²) in [6.45, 7) is 6.50. The number of carbonyl (C=O) groups excluding carboxylic acids is 2. The lowest BCUT2D eigenvalue weighted by atomic mass is 10.0. The van der Waals surface area contributed by atoms with Crippen LogP contribution in [-0.2, 0) is 32.5 Å². The largest absolute Gasteiger partial charge is 0.461 e. The number of sulfonamides is 1. The number of hydrogen-bond acceptors (Lipinski definition) is 8. The fourth-order valence-corrected chi connectivity index (χ4v) is 5.72. The molecule has 0 radical (unpaired) electrons. The Bertz CT molecular complexity index is 1380. The summed E-state index contributed by atoms with van der Waals surface area (Å²) in [5.74, 6) is 0.420. The van der Waals surface area contributed by atoms with Gasteiger partial charge in [0.1, 0.15) is 10.9 Å². The molecule has 0 spiro atoms. The van der Waals surface area contributed by atoms with Crippen LogP contribution in [0.3, 0.4) is 0 Å². The zero-order valence-corrected chi connectivity index (χ0v) is 24.4. The Morgan fingerprint density at radius 3 is 2.36 bits per heavy atom.